The molecule has 3 rings (SSSR count). The number of hydrogen-bond donors (Lipinski definition) is 1. The van der Waals surface area contributed by atoms with Crippen molar-refractivity contribution in [2.75, 3.05) is 0 Å². The molecule has 2 heterocycles. The number of aromatic amines is 1. The van der Waals surface area contributed by atoms with Crippen LogP contribution >= 0.6 is 15.9 Å². The second kappa shape index (κ2) is 3.82. The molecular weight excluding hydrogens is 288 g/mol. The van der Waals surface area contributed by atoms with Crippen LogP contribution in [0.5, 0.6) is 0 Å². The Morgan fingerprint density at radius 1 is 1.06 bits per heavy atom. The van der Waals surface area contributed by atoms with Gasteiger partial charge in [-0.05, 0) is 51.2 Å². The van der Waals surface area contributed by atoms with E-state index in [1.54, 1.807) is 0 Å². The molecule has 2 nitrogen and oxygen atoms in total. The molecule has 0 spiro atoms. The standard InChI is InChI=1S/C15H15BrN2/c1-15(2,3)9-4-6-12-11(8-9)10-5-7-13(16)18-14(10)17-12/h4-8H,1-3H3,(H,17,18). The van der Waals surface area contributed by atoms with Gasteiger partial charge in [-0.25, -0.2) is 4.98 Å². The van der Waals surface area contributed by atoms with Gasteiger partial charge in [0, 0.05) is 16.3 Å². The summed E-state index contributed by atoms with van der Waals surface area (Å²) in [6.45, 7) is 6.70. The molecule has 92 valence electrons. The molecule has 18 heavy (non-hydrogen) atoms. The van der Waals surface area contributed by atoms with E-state index in [1.807, 2.05) is 6.07 Å². The van der Waals surface area contributed by atoms with E-state index in [0.29, 0.717) is 0 Å². The van der Waals surface area contributed by atoms with Gasteiger partial charge >= 0.3 is 0 Å². The molecule has 0 fully saturated rings. The summed E-state index contributed by atoms with van der Waals surface area (Å²) in [5.41, 5.74) is 3.59. The average Bonchev–Trinajstić information content (AvgIpc) is 2.63. The molecule has 0 aliphatic carbocycles. The molecule has 1 aromatic carbocycles. The third-order valence-corrected chi connectivity index (χ3v) is 3.73. The highest BCUT2D eigenvalue weighted by molar-refractivity contribution is 9.10. The first-order valence-corrected chi connectivity index (χ1v) is 6.83. The highest BCUT2D eigenvalue weighted by Crippen LogP contribution is 2.30. The van der Waals surface area contributed by atoms with Crippen LogP contribution in [0.3, 0.4) is 0 Å². The van der Waals surface area contributed by atoms with Crippen LogP contribution in [0.15, 0.2) is 34.9 Å². The zero-order valence-electron chi connectivity index (χ0n) is 10.7. The molecule has 1 N–H and O–H groups in total. The maximum Gasteiger partial charge on any atom is 0.139 e. The summed E-state index contributed by atoms with van der Waals surface area (Å²) < 4.78 is 0.859. The van der Waals surface area contributed by atoms with Gasteiger partial charge in [-0.2, -0.15) is 0 Å². The summed E-state index contributed by atoms with van der Waals surface area (Å²) >= 11 is 3.40. The monoisotopic (exact) mass is 302 g/mol. The van der Waals surface area contributed by atoms with Crippen LogP contribution in [-0.2, 0) is 5.41 Å². The molecule has 0 saturated heterocycles. The lowest BCUT2D eigenvalue weighted by Crippen LogP contribution is -2.10. The van der Waals surface area contributed by atoms with Gasteiger partial charge in [0.05, 0.1) is 0 Å². The number of nitrogens with one attached hydrogen (secondary N) is 1. The van der Waals surface area contributed by atoms with Crippen molar-refractivity contribution in [1.29, 1.82) is 0 Å². The highest BCUT2D eigenvalue weighted by Gasteiger charge is 2.15. The Labute approximate surface area is 115 Å². The first-order chi connectivity index (χ1) is 8.45. The Kier molecular flexibility index (Phi) is 2.49. The second-order valence-corrected chi connectivity index (χ2v) is 6.48. The highest BCUT2D eigenvalue weighted by atomic mass is 79.9. The minimum absolute atomic E-state index is 0.167. The number of hydrogen-bond acceptors (Lipinski definition) is 1. The molecule has 2 aromatic heterocycles. The number of rotatable bonds is 0. The van der Waals surface area contributed by atoms with E-state index < -0.39 is 0 Å². The number of fused-ring (bicyclic) bond motifs is 3. The summed E-state index contributed by atoms with van der Waals surface area (Å²) in [5, 5.41) is 2.43. The Bertz CT molecular complexity index is 735. The molecule has 0 aliphatic rings. The average molecular weight is 303 g/mol. The van der Waals surface area contributed by atoms with Gasteiger partial charge in [0.15, 0.2) is 0 Å². The molecular formula is C15H15BrN2. The minimum atomic E-state index is 0.167. The number of pyridine rings is 1. The molecule has 3 aromatic rings. The van der Waals surface area contributed by atoms with Crippen LogP contribution in [0.4, 0.5) is 0 Å². The fourth-order valence-corrected chi connectivity index (χ4v) is 2.53. The van der Waals surface area contributed by atoms with Crippen molar-refractivity contribution in [3.8, 4) is 0 Å². The van der Waals surface area contributed by atoms with E-state index in [2.05, 4.69) is 70.9 Å². The fourth-order valence-electron chi connectivity index (χ4n) is 2.22. The number of nitrogens with zero attached hydrogens (tertiary/aromatic N) is 1. The molecule has 0 unspecified atom stereocenters. The lowest BCUT2D eigenvalue weighted by atomic mass is 9.86. The van der Waals surface area contributed by atoms with Gasteiger partial charge < -0.3 is 4.98 Å². The van der Waals surface area contributed by atoms with Gasteiger partial charge in [0.2, 0.25) is 0 Å². The molecule has 0 bridgehead atoms. The predicted molar refractivity (Wildman–Crippen MR) is 80.0 cm³/mol. The minimum Gasteiger partial charge on any atom is -0.339 e. The Morgan fingerprint density at radius 3 is 2.56 bits per heavy atom. The topological polar surface area (TPSA) is 28.7 Å². The van der Waals surface area contributed by atoms with Gasteiger partial charge in [-0.1, -0.05) is 26.8 Å². The van der Waals surface area contributed by atoms with Crippen molar-refractivity contribution in [3.05, 3.63) is 40.5 Å². The maximum atomic E-state index is 4.47. The Balaban J connectivity index is 2.36. The van der Waals surface area contributed by atoms with Crippen molar-refractivity contribution in [1.82, 2.24) is 9.97 Å². The summed E-state index contributed by atoms with van der Waals surface area (Å²) in [6, 6.07) is 10.7. The molecule has 0 aliphatic heterocycles. The van der Waals surface area contributed by atoms with E-state index in [9.17, 15) is 0 Å². The molecule has 0 amide bonds. The zero-order chi connectivity index (χ0) is 12.9. The van der Waals surface area contributed by atoms with E-state index in [1.165, 1.54) is 16.3 Å². The third-order valence-electron chi connectivity index (χ3n) is 3.29. The fraction of sp³-hybridized carbons (Fsp3) is 0.267. The molecule has 0 radical (unpaired) electrons. The first kappa shape index (κ1) is 11.7. The number of aromatic nitrogens is 2. The first-order valence-electron chi connectivity index (χ1n) is 6.03. The summed E-state index contributed by atoms with van der Waals surface area (Å²) in [4.78, 5) is 7.82. The van der Waals surface area contributed by atoms with Crippen LogP contribution < -0.4 is 0 Å². The van der Waals surface area contributed by atoms with Crippen LogP contribution in [0.2, 0.25) is 0 Å². The van der Waals surface area contributed by atoms with E-state index in [4.69, 9.17) is 0 Å². The van der Waals surface area contributed by atoms with Gasteiger partial charge in [-0.3, -0.25) is 0 Å². The number of halogens is 1. The largest absolute Gasteiger partial charge is 0.339 e. The van der Waals surface area contributed by atoms with Gasteiger partial charge in [-0.15, -0.1) is 0 Å². The smallest absolute Gasteiger partial charge is 0.139 e. The van der Waals surface area contributed by atoms with Crippen LogP contribution in [-0.4, -0.2) is 9.97 Å². The quantitative estimate of drug-likeness (QED) is 0.595. The van der Waals surface area contributed by atoms with Crippen LogP contribution in [0, 0.1) is 0 Å². The van der Waals surface area contributed by atoms with Crippen molar-refractivity contribution < 1.29 is 0 Å². The summed E-state index contributed by atoms with van der Waals surface area (Å²) in [5.74, 6) is 0. The predicted octanol–water partition coefficient (Wildman–Crippen LogP) is 4.78. The molecule has 3 heteroatoms. The lowest BCUT2D eigenvalue weighted by Gasteiger charge is -2.18. The van der Waals surface area contributed by atoms with Gasteiger partial charge in [0.1, 0.15) is 10.3 Å². The molecule has 0 saturated carbocycles. The Hall–Kier alpha value is -1.35. The van der Waals surface area contributed by atoms with E-state index >= 15 is 0 Å². The number of benzene rings is 1. The zero-order valence-corrected chi connectivity index (χ0v) is 12.3. The van der Waals surface area contributed by atoms with E-state index in [0.717, 1.165) is 15.8 Å². The Morgan fingerprint density at radius 2 is 1.83 bits per heavy atom. The third kappa shape index (κ3) is 1.83. The lowest BCUT2D eigenvalue weighted by molar-refractivity contribution is 0.591. The van der Waals surface area contributed by atoms with Crippen molar-refractivity contribution in [2.45, 2.75) is 26.2 Å². The van der Waals surface area contributed by atoms with Crippen LogP contribution in [0.1, 0.15) is 26.3 Å². The summed E-state index contributed by atoms with van der Waals surface area (Å²) in [6.07, 6.45) is 0. The summed E-state index contributed by atoms with van der Waals surface area (Å²) in [7, 11) is 0. The second-order valence-electron chi connectivity index (χ2n) is 5.67. The van der Waals surface area contributed by atoms with Crippen molar-refractivity contribution in [2.24, 2.45) is 0 Å². The van der Waals surface area contributed by atoms with Crippen LogP contribution in [0.25, 0.3) is 21.9 Å². The van der Waals surface area contributed by atoms with Gasteiger partial charge in [0.25, 0.3) is 0 Å². The number of H-pyrrole nitrogens is 1. The normalized spacial score (nSPS) is 12.4. The van der Waals surface area contributed by atoms with Crippen molar-refractivity contribution in [3.63, 3.8) is 0 Å². The maximum absolute atomic E-state index is 4.47. The van der Waals surface area contributed by atoms with E-state index in [-0.39, 0.29) is 5.41 Å². The molecule has 0 atom stereocenters. The SMILES string of the molecule is CC(C)(C)c1ccc2[nH]c3nc(Br)ccc3c2c1. The van der Waals surface area contributed by atoms with Crippen molar-refractivity contribution >= 4 is 37.9 Å².